The van der Waals surface area contributed by atoms with E-state index in [0.717, 1.165) is 10.6 Å². The maximum Gasteiger partial charge on any atom is 0.321 e. The van der Waals surface area contributed by atoms with Gasteiger partial charge in [0, 0.05) is 30.6 Å². The maximum absolute atomic E-state index is 13.1. The molecule has 1 aromatic heterocycles. The summed E-state index contributed by atoms with van der Waals surface area (Å²) in [5.74, 6) is -2.13. The van der Waals surface area contributed by atoms with Gasteiger partial charge in [0.15, 0.2) is 5.13 Å². The first kappa shape index (κ1) is 23.4. The third kappa shape index (κ3) is 4.91. The zero-order chi connectivity index (χ0) is 24.2. The lowest BCUT2D eigenvalue weighted by Crippen LogP contribution is -2.54. The topological polar surface area (TPSA) is 150 Å². The Bertz CT molecular complexity index is 1160. The third-order valence-corrected chi connectivity index (χ3v) is 6.39. The molecule has 1 atom stereocenters. The summed E-state index contributed by atoms with van der Waals surface area (Å²) in [4.78, 5) is 66.6. The average Bonchev–Trinajstić information content (AvgIpc) is 3.31. The number of aromatic nitrogens is 1. The van der Waals surface area contributed by atoms with Gasteiger partial charge in [-0.05, 0) is 38.3 Å². The third-order valence-electron chi connectivity index (χ3n) is 5.51. The number of amides is 6. The Kier molecular flexibility index (Phi) is 6.87. The Labute approximate surface area is 199 Å². The van der Waals surface area contributed by atoms with Gasteiger partial charge >= 0.3 is 6.03 Å². The number of fused-ring (bicyclic) bond motifs is 1. The normalized spacial score (nSPS) is 17.4. The Morgan fingerprint density at radius 1 is 1.18 bits per heavy atom. The van der Waals surface area contributed by atoms with Crippen molar-refractivity contribution in [2.45, 2.75) is 38.6 Å². The number of hydrogen-bond donors (Lipinski definition) is 4. The molecule has 0 bridgehead atoms. The molecule has 4 N–H and O–H groups in total. The van der Waals surface area contributed by atoms with E-state index in [9.17, 15) is 24.0 Å². The van der Waals surface area contributed by atoms with Crippen molar-refractivity contribution in [1.29, 1.82) is 0 Å². The molecule has 178 valence electrons. The monoisotopic (exact) mass is 484 g/mol. The fourth-order valence-corrected chi connectivity index (χ4v) is 4.57. The molecular formula is C22H24N6O5S. The highest BCUT2D eigenvalue weighted by molar-refractivity contribution is 7.13. The van der Waals surface area contributed by atoms with Crippen LogP contribution in [0, 0.1) is 6.92 Å². The minimum Gasteiger partial charge on any atom is -0.384 e. The van der Waals surface area contributed by atoms with E-state index in [0.29, 0.717) is 36.8 Å². The molecule has 0 aliphatic carbocycles. The second kappa shape index (κ2) is 10.00. The van der Waals surface area contributed by atoms with E-state index >= 15 is 0 Å². The van der Waals surface area contributed by atoms with Crippen LogP contribution in [0.3, 0.4) is 0 Å². The molecule has 3 heterocycles. The molecule has 2 aromatic rings. The fraction of sp³-hybridized carbons (Fsp3) is 0.364. The number of carbonyl (C=O) groups excluding carboxylic acids is 5. The Balaban J connectivity index is 1.28. The number of urea groups is 1. The van der Waals surface area contributed by atoms with E-state index in [4.69, 9.17) is 0 Å². The van der Waals surface area contributed by atoms with E-state index in [1.807, 2.05) is 12.3 Å². The van der Waals surface area contributed by atoms with Crippen LogP contribution < -0.4 is 21.3 Å². The number of unbranched alkanes of at least 4 members (excludes halogenated alkanes) is 1. The molecule has 1 unspecified atom stereocenters. The number of aryl methyl sites for hydroxylation is 1. The largest absolute Gasteiger partial charge is 0.384 e. The zero-order valence-corrected chi connectivity index (χ0v) is 19.3. The molecule has 0 spiro atoms. The summed E-state index contributed by atoms with van der Waals surface area (Å²) >= 11 is 1.36. The van der Waals surface area contributed by atoms with Gasteiger partial charge in [-0.15, -0.1) is 11.3 Å². The van der Waals surface area contributed by atoms with Gasteiger partial charge in [0.05, 0.1) is 16.8 Å². The quantitative estimate of drug-likeness (QED) is 0.330. The lowest BCUT2D eigenvalue weighted by molar-refractivity contribution is -0.136. The predicted molar refractivity (Wildman–Crippen MR) is 125 cm³/mol. The smallest absolute Gasteiger partial charge is 0.321 e. The number of benzene rings is 1. The van der Waals surface area contributed by atoms with Crippen molar-refractivity contribution < 1.29 is 24.0 Å². The maximum atomic E-state index is 13.1. The van der Waals surface area contributed by atoms with Crippen molar-refractivity contribution in [2.24, 2.45) is 0 Å². The predicted octanol–water partition coefficient (Wildman–Crippen LogP) is 1.87. The molecule has 4 rings (SSSR count). The van der Waals surface area contributed by atoms with Gasteiger partial charge in [0.2, 0.25) is 11.8 Å². The van der Waals surface area contributed by atoms with Crippen LogP contribution >= 0.6 is 11.3 Å². The first-order valence-corrected chi connectivity index (χ1v) is 11.8. The summed E-state index contributed by atoms with van der Waals surface area (Å²) in [6.45, 7) is 2.83. The Morgan fingerprint density at radius 3 is 2.71 bits per heavy atom. The molecule has 12 heteroatoms. The standard InChI is InChI=1S/C22H24N6O5S/c1-12-11-34-22(25-12)27-21(33)24-10-3-2-9-23-14-6-4-5-13-17(14)20(32)28(19(13)31)15-7-8-16(29)26-18(15)30/h4-6,11,15,23H,2-3,7-10H2,1H3,(H,26,29,30)(H2,24,25,27,33). The lowest BCUT2D eigenvalue weighted by atomic mass is 10.0. The van der Waals surface area contributed by atoms with Crippen molar-refractivity contribution in [3.8, 4) is 0 Å². The molecule has 1 fully saturated rings. The number of carbonyl (C=O) groups is 5. The Hall–Kier alpha value is -3.80. The number of thiazole rings is 1. The molecule has 2 aliphatic heterocycles. The van der Waals surface area contributed by atoms with Gasteiger partial charge in [0.1, 0.15) is 6.04 Å². The first-order chi connectivity index (χ1) is 16.3. The van der Waals surface area contributed by atoms with Crippen molar-refractivity contribution >= 4 is 51.8 Å². The van der Waals surface area contributed by atoms with Gasteiger partial charge < -0.3 is 10.6 Å². The number of anilines is 2. The zero-order valence-electron chi connectivity index (χ0n) is 18.5. The van der Waals surface area contributed by atoms with Crippen LogP contribution in [0.15, 0.2) is 23.6 Å². The van der Waals surface area contributed by atoms with Gasteiger partial charge in [0.25, 0.3) is 11.8 Å². The molecule has 6 amide bonds. The number of piperidine rings is 1. The average molecular weight is 485 g/mol. The second-order valence-electron chi connectivity index (χ2n) is 7.98. The Morgan fingerprint density at radius 2 is 1.97 bits per heavy atom. The van der Waals surface area contributed by atoms with E-state index < -0.39 is 29.7 Å². The van der Waals surface area contributed by atoms with Crippen LogP contribution in [-0.2, 0) is 9.59 Å². The number of nitrogens with one attached hydrogen (secondary N) is 4. The lowest BCUT2D eigenvalue weighted by Gasteiger charge is -2.27. The molecule has 1 saturated heterocycles. The summed E-state index contributed by atoms with van der Waals surface area (Å²) in [6, 6.07) is 3.62. The summed E-state index contributed by atoms with van der Waals surface area (Å²) in [6.07, 6.45) is 1.59. The van der Waals surface area contributed by atoms with Crippen molar-refractivity contribution in [1.82, 2.24) is 20.5 Å². The van der Waals surface area contributed by atoms with Crippen LogP contribution in [0.5, 0.6) is 0 Å². The van der Waals surface area contributed by atoms with Gasteiger partial charge in [-0.25, -0.2) is 9.78 Å². The molecule has 11 nitrogen and oxygen atoms in total. The molecule has 2 aliphatic rings. The van der Waals surface area contributed by atoms with Crippen LogP contribution in [0.4, 0.5) is 15.6 Å². The highest BCUT2D eigenvalue weighted by atomic mass is 32.1. The van der Waals surface area contributed by atoms with Crippen LogP contribution in [0.1, 0.15) is 52.1 Å². The van der Waals surface area contributed by atoms with Crippen LogP contribution in [-0.4, -0.2) is 58.7 Å². The van der Waals surface area contributed by atoms with Crippen LogP contribution in [0.25, 0.3) is 0 Å². The summed E-state index contributed by atoms with van der Waals surface area (Å²) in [7, 11) is 0. The van der Waals surface area contributed by atoms with Crippen LogP contribution in [0.2, 0.25) is 0 Å². The van der Waals surface area contributed by atoms with Gasteiger partial charge in [-0.3, -0.25) is 34.7 Å². The minimum atomic E-state index is -0.997. The van der Waals surface area contributed by atoms with E-state index in [1.54, 1.807) is 18.2 Å². The molecular weight excluding hydrogens is 460 g/mol. The van der Waals surface area contributed by atoms with Crippen molar-refractivity contribution in [2.75, 3.05) is 23.7 Å². The minimum absolute atomic E-state index is 0.0739. The van der Waals surface area contributed by atoms with Gasteiger partial charge in [-0.1, -0.05) is 6.07 Å². The molecule has 34 heavy (non-hydrogen) atoms. The summed E-state index contributed by atoms with van der Waals surface area (Å²) in [5.41, 5.74) is 1.82. The SMILES string of the molecule is Cc1csc(NC(=O)NCCCCNc2cccc3c2C(=O)N(C2CCC(=O)NC2=O)C3=O)n1. The van der Waals surface area contributed by atoms with Gasteiger partial charge in [-0.2, -0.15) is 0 Å². The number of rotatable bonds is 8. The fourth-order valence-electron chi connectivity index (χ4n) is 3.89. The summed E-state index contributed by atoms with van der Waals surface area (Å²) in [5, 5.41) is 13.2. The molecule has 0 saturated carbocycles. The highest BCUT2D eigenvalue weighted by Gasteiger charge is 2.45. The van der Waals surface area contributed by atoms with E-state index in [2.05, 4.69) is 26.3 Å². The van der Waals surface area contributed by atoms with Crippen molar-refractivity contribution in [3.63, 3.8) is 0 Å². The second-order valence-corrected chi connectivity index (χ2v) is 8.84. The first-order valence-electron chi connectivity index (χ1n) is 10.9. The molecule has 1 aromatic carbocycles. The number of hydrogen-bond acceptors (Lipinski definition) is 8. The summed E-state index contributed by atoms with van der Waals surface area (Å²) < 4.78 is 0. The van der Waals surface area contributed by atoms with Crippen molar-refractivity contribution in [3.05, 3.63) is 40.4 Å². The van der Waals surface area contributed by atoms with E-state index in [1.165, 1.54) is 11.3 Å². The van der Waals surface area contributed by atoms with E-state index in [-0.39, 0.29) is 30.0 Å². The molecule has 0 radical (unpaired) electrons. The highest BCUT2D eigenvalue weighted by Crippen LogP contribution is 2.32. The number of nitrogens with zero attached hydrogens (tertiary/aromatic N) is 2. The number of imide groups is 2.